The number of nitrogens with one attached hydrogen (secondary N) is 3. The quantitative estimate of drug-likeness (QED) is 0.358. The Bertz CT molecular complexity index is 1340. The highest BCUT2D eigenvalue weighted by atomic mass is 16.2. The van der Waals surface area contributed by atoms with Crippen molar-refractivity contribution in [3.05, 3.63) is 48.4 Å². The minimum absolute atomic E-state index is 0.0600. The lowest BCUT2D eigenvalue weighted by Gasteiger charge is -2.33. The molecule has 1 unspecified atom stereocenters. The van der Waals surface area contributed by atoms with Crippen molar-refractivity contribution in [1.82, 2.24) is 35.4 Å². The Morgan fingerprint density at radius 2 is 1.85 bits per heavy atom. The van der Waals surface area contributed by atoms with Crippen molar-refractivity contribution >= 4 is 28.8 Å². The molecule has 1 saturated heterocycles. The van der Waals surface area contributed by atoms with Crippen LogP contribution < -0.4 is 10.6 Å². The lowest BCUT2D eigenvalue weighted by molar-refractivity contribution is -0.141. The molecule has 4 atom stereocenters. The normalized spacial score (nSPS) is 18.6. The fourth-order valence-corrected chi connectivity index (χ4v) is 5.22. The number of pyridine rings is 1. The second kappa shape index (κ2) is 12.6. The third kappa shape index (κ3) is 6.33. The van der Waals surface area contributed by atoms with Crippen LogP contribution in [0.15, 0.2) is 42.6 Å². The number of benzene rings is 1. The summed E-state index contributed by atoms with van der Waals surface area (Å²) in [6.07, 6.45) is 3.66. The average molecular weight is 548 g/mol. The van der Waals surface area contributed by atoms with Gasteiger partial charge in [0.1, 0.15) is 17.4 Å². The van der Waals surface area contributed by atoms with Crippen LogP contribution in [0.5, 0.6) is 0 Å². The van der Waals surface area contributed by atoms with Crippen molar-refractivity contribution in [3.8, 4) is 11.3 Å². The number of hydrogen-bond donors (Lipinski definition) is 3. The van der Waals surface area contributed by atoms with E-state index in [0.29, 0.717) is 12.2 Å². The summed E-state index contributed by atoms with van der Waals surface area (Å²) in [5.41, 5.74) is 3.35. The highest BCUT2D eigenvalue weighted by molar-refractivity contribution is 5.92. The maximum Gasteiger partial charge on any atom is 0.247 e. The van der Waals surface area contributed by atoms with Crippen molar-refractivity contribution in [2.24, 2.45) is 5.92 Å². The number of aromatic nitrogens is 3. The van der Waals surface area contributed by atoms with E-state index in [4.69, 9.17) is 4.98 Å². The van der Waals surface area contributed by atoms with Gasteiger partial charge in [-0.15, -0.1) is 0 Å². The number of likely N-dealkylation sites (N-methyl/N-ethyl adjacent to an activating group) is 2. The summed E-state index contributed by atoms with van der Waals surface area (Å²) >= 11 is 0. The summed E-state index contributed by atoms with van der Waals surface area (Å²) in [7, 11) is 3.37. The number of carbonyl (C=O) groups is 3. The minimum atomic E-state index is -0.890. The fourth-order valence-electron chi connectivity index (χ4n) is 5.22. The number of fused-ring (bicyclic) bond motifs is 1. The first kappa shape index (κ1) is 29.2. The zero-order chi connectivity index (χ0) is 29.0. The molecule has 3 N–H and O–H groups in total. The number of H-pyrrole nitrogens is 1. The van der Waals surface area contributed by atoms with E-state index in [1.807, 2.05) is 62.1 Å². The van der Waals surface area contributed by atoms with E-state index in [1.54, 1.807) is 32.1 Å². The molecule has 1 aliphatic rings. The topological polar surface area (TPSA) is 123 Å². The van der Waals surface area contributed by atoms with Gasteiger partial charge in [-0.2, -0.15) is 0 Å². The van der Waals surface area contributed by atoms with Gasteiger partial charge >= 0.3 is 0 Å². The van der Waals surface area contributed by atoms with Gasteiger partial charge in [-0.1, -0.05) is 44.2 Å². The molecule has 3 amide bonds. The SMILES string of the molecule is CN[C@@H](C)C(=O)N[C@@H](CN(C)C(=O)CC(C)C)C(=O)N1C(C)CC[C@H]1c1nc2c(-c3ccccc3)nccc2[nH]1. The monoisotopic (exact) mass is 547 g/mol. The zero-order valence-electron chi connectivity index (χ0n) is 24.3. The number of imidazole rings is 1. The molecule has 1 aliphatic heterocycles. The summed E-state index contributed by atoms with van der Waals surface area (Å²) in [5.74, 6) is 0.298. The second-order valence-corrected chi connectivity index (χ2v) is 11.2. The molecule has 2 aromatic heterocycles. The Labute approximate surface area is 235 Å². The van der Waals surface area contributed by atoms with Crippen LogP contribution in [0.2, 0.25) is 0 Å². The summed E-state index contributed by atoms with van der Waals surface area (Å²) in [6.45, 7) is 7.80. The third-order valence-electron chi connectivity index (χ3n) is 7.61. The van der Waals surface area contributed by atoms with Crippen LogP contribution >= 0.6 is 0 Å². The number of hydrogen-bond acceptors (Lipinski definition) is 6. The number of nitrogens with zero attached hydrogens (tertiary/aromatic N) is 4. The van der Waals surface area contributed by atoms with Crippen LogP contribution in [0.1, 0.15) is 58.8 Å². The molecule has 0 aliphatic carbocycles. The number of amides is 3. The lowest BCUT2D eigenvalue weighted by atomic mass is 10.1. The Hall–Kier alpha value is -3.79. The van der Waals surface area contributed by atoms with Gasteiger partial charge in [0.15, 0.2) is 0 Å². The van der Waals surface area contributed by atoms with Crippen LogP contribution in [-0.2, 0) is 14.4 Å². The van der Waals surface area contributed by atoms with E-state index >= 15 is 0 Å². The fraction of sp³-hybridized carbons (Fsp3) is 0.500. The summed E-state index contributed by atoms with van der Waals surface area (Å²) in [6, 6.07) is 10.1. The van der Waals surface area contributed by atoms with Gasteiger partial charge in [0, 0.05) is 37.8 Å². The van der Waals surface area contributed by atoms with Crippen molar-refractivity contribution in [3.63, 3.8) is 0 Å². The first-order valence-corrected chi connectivity index (χ1v) is 14.0. The molecule has 40 heavy (non-hydrogen) atoms. The molecule has 0 saturated carbocycles. The van der Waals surface area contributed by atoms with Gasteiger partial charge in [0.2, 0.25) is 17.7 Å². The molecule has 10 heteroatoms. The minimum Gasteiger partial charge on any atom is -0.343 e. The Morgan fingerprint density at radius 1 is 1.12 bits per heavy atom. The van der Waals surface area contributed by atoms with E-state index in [2.05, 4.69) is 20.6 Å². The van der Waals surface area contributed by atoms with Crippen LogP contribution in [0.25, 0.3) is 22.3 Å². The molecule has 0 spiro atoms. The van der Waals surface area contributed by atoms with Crippen LogP contribution in [0.3, 0.4) is 0 Å². The summed E-state index contributed by atoms with van der Waals surface area (Å²) < 4.78 is 0. The van der Waals surface area contributed by atoms with E-state index < -0.39 is 12.1 Å². The van der Waals surface area contributed by atoms with Crippen LogP contribution in [0, 0.1) is 5.92 Å². The third-order valence-corrected chi connectivity index (χ3v) is 7.61. The van der Waals surface area contributed by atoms with E-state index in [1.165, 1.54) is 0 Å². The number of aromatic amines is 1. The maximum atomic E-state index is 14.2. The molecule has 10 nitrogen and oxygen atoms in total. The molecule has 4 rings (SSSR count). The molecule has 3 aromatic rings. The van der Waals surface area contributed by atoms with E-state index in [-0.39, 0.29) is 42.3 Å². The number of likely N-dealkylation sites (tertiary alicyclic amines) is 1. The predicted molar refractivity (Wildman–Crippen MR) is 155 cm³/mol. The number of carbonyl (C=O) groups excluding carboxylic acids is 3. The zero-order valence-corrected chi connectivity index (χ0v) is 24.3. The Kier molecular flexibility index (Phi) is 9.19. The van der Waals surface area contributed by atoms with E-state index in [0.717, 1.165) is 35.1 Å². The van der Waals surface area contributed by atoms with Crippen molar-refractivity contribution in [1.29, 1.82) is 0 Å². The largest absolute Gasteiger partial charge is 0.343 e. The van der Waals surface area contributed by atoms with Crippen LogP contribution in [-0.4, -0.2) is 81.2 Å². The predicted octanol–water partition coefficient (Wildman–Crippen LogP) is 3.27. The van der Waals surface area contributed by atoms with Gasteiger partial charge < -0.3 is 25.4 Å². The van der Waals surface area contributed by atoms with Gasteiger partial charge in [0.05, 0.1) is 23.3 Å². The standard InChI is InChI=1S/C30H41N7O3/c1-18(2)16-25(38)36(6)17-23(34-29(39)20(4)31-5)30(40)37-19(3)12-13-24(37)28-33-22-14-15-32-26(27(22)35-28)21-10-8-7-9-11-21/h7-11,14-15,18-20,23-24,31H,12-13,16-17H2,1-6H3,(H,33,35)(H,34,39)/t19?,20-,23-,24-/m0/s1. The highest BCUT2D eigenvalue weighted by Gasteiger charge is 2.41. The van der Waals surface area contributed by atoms with Crippen LogP contribution in [0.4, 0.5) is 0 Å². The average Bonchev–Trinajstić information content (AvgIpc) is 3.54. The number of rotatable bonds is 10. The smallest absolute Gasteiger partial charge is 0.247 e. The highest BCUT2D eigenvalue weighted by Crippen LogP contribution is 2.37. The molecule has 3 heterocycles. The first-order chi connectivity index (χ1) is 19.1. The molecular weight excluding hydrogens is 506 g/mol. The molecule has 1 fully saturated rings. The van der Waals surface area contributed by atoms with E-state index in [9.17, 15) is 14.4 Å². The Morgan fingerprint density at radius 3 is 2.52 bits per heavy atom. The van der Waals surface area contributed by atoms with Crippen molar-refractivity contribution in [2.75, 3.05) is 20.6 Å². The Balaban J connectivity index is 1.65. The molecule has 0 radical (unpaired) electrons. The van der Waals surface area contributed by atoms with Gasteiger partial charge in [0.25, 0.3) is 0 Å². The first-order valence-electron chi connectivity index (χ1n) is 14.0. The summed E-state index contributed by atoms with van der Waals surface area (Å²) in [4.78, 5) is 56.1. The van der Waals surface area contributed by atoms with Crippen molar-refractivity contribution in [2.45, 2.75) is 71.1 Å². The maximum absolute atomic E-state index is 14.2. The molecule has 214 valence electrons. The molecule has 0 bridgehead atoms. The van der Waals surface area contributed by atoms with Gasteiger partial charge in [-0.3, -0.25) is 19.4 Å². The molecule has 1 aromatic carbocycles. The van der Waals surface area contributed by atoms with Gasteiger partial charge in [-0.05, 0) is 45.7 Å². The summed E-state index contributed by atoms with van der Waals surface area (Å²) in [5, 5.41) is 5.83. The lowest BCUT2D eigenvalue weighted by Crippen LogP contribution is -2.57. The molecular formula is C30H41N7O3. The second-order valence-electron chi connectivity index (χ2n) is 11.2. The van der Waals surface area contributed by atoms with Crippen molar-refractivity contribution < 1.29 is 14.4 Å². The van der Waals surface area contributed by atoms with Gasteiger partial charge in [-0.25, -0.2) is 4.98 Å².